The maximum Gasteiger partial charge on any atom is 0.201 e. The lowest BCUT2D eigenvalue weighted by atomic mass is 9.97. The van der Waals surface area contributed by atoms with E-state index >= 15 is 0 Å². The van der Waals surface area contributed by atoms with Crippen LogP contribution in [0.2, 0.25) is 0 Å². The molecule has 432 valence electrons. The Morgan fingerprint density at radius 1 is 0.268 bits per heavy atom. The number of hydrogen-bond donors (Lipinski definition) is 0. The van der Waals surface area contributed by atoms with Gasteiger partial charge in [0.15, 0.2) is 34.9 Å². The molecule has 2 aromatic carbocycles. The monoisotopic (exact) mass is 1100 g/mol. The van der Waals surface area contributed by atoms with E-state index in [1.54, 1.807) is 0 Å². The van der Waals surface area contributed by atoms with Crippen molar-refractivity contribution in [1.29, 1.82) is 0 Å². The van der Waals surface area contributed by atoms with E-state index in [0.717, 1.165) is 88.3 Å². The van der Waals surface area contributed by atoms with Crippen molar-refractivity contribution in [2.75, 3.05) is 0 Å². The predicted octanol–water partition coefficient (Wildman–Crippen LogP) is 16.6. The summed E-state index contributed by atoms with van der Waals surface area (Å²) in [5.74, 6) is 4.84. The molecule has 0 fully saturated rings. The van der Waals surface area contributed by atoms with Gasteiger partial charge >= 0.3 is 0 Å². The molecule has 14 nitrogen and oxygen atoms in total. The van der Waals surface area contributed by atoms with Crippen LogP contribution in [0, 0.1) is 41.5 Å². The fraction of sp³-hybridized carbons (Fsp3) is 0.500. The third-order valence-electron chi connectivity index (χ3n) is 15.3. The van der Waals surface area contributed by atoms with Crippen LogP contribution in [0.25, 0.3) is 69.4 Å². The first-order chi connectivity index (χ1) is 39.9. The maximum absolute atomic E-state index is 4.91. The number of nitrogens with zero attached hydrogens (tertiary/aromatic N) is 14. The molecule has 0 radical (unpaired) electrons. The molecule has 14 heteroatoms. The van der Waals surface area contributed by atoms with Gasteiger partial charge in [-0.3, -0.25) is 0 Å². The molecule has 0 atom stereocenters. The number of hydrogen-bond acceptors (Lipinski definition) is 14. The summed E-state index contributed by atoms with van der Waals surface area (Å²) in [7, 11) is 0. The molecule has 8 aromatic rings. The molecule has 0 unspecified atom stereocenters. The summed E-state index contributed by atoms with van der Waals surface area (Å²) in [4.78, 5) is 66.1. The molecule has 0 aliphatic heterocycles. The van der Waals surface area contributed by atoms with Crippen LogP contribution in [0.1, 0.15) is 212 Å². The zero-order valence-corrected chi connectivity index (χ0v) is 51.4. The number of aryl methyl sites for hydroxylation is 11. The van der Waals surface area contributed by atoms with Gasteiger partial charge in [0.1, 0.15) is 0 Å². The van der Waals surface area contributed by atoms with Gasteiger partial charge < -0.3 is 0 Å². The Bertz CT molecular complexity index is 3110. The van der Waals surface area contributed by atoms with Crippen LogP contribution in [0.5, 0.6) is 0 Å². The average molecular weight is 1100 g/mol. The summed E-state index contributed by atoms with van der Waals surface area (Å²) in [6.45, 7) is 23.0. The van der Waals surface area contributed by atoms with Crippen LogP contribution in [-0.2, 0) is 32.1 Å². The van der Waals surface area contributed by atoms with Gasteiger partial charge in [0.05, 0.1) is 0 Å². The first-order valence-corrected chi connectivity index (χ1v) is 30.9. The third-order valence-corrected chi connectivity index (χ3v) is 15.3. The second-order valence-electron chi connectivity index (χ2n) is 22.2. The van der Waals surface area contributed by atoms with Crippen LogP contribution in [0.3, 0.4) is 0 Å². The smallest absolute Gasteiger partial charge is 0.201 e. The molecular formula is C68H90N14. The van der Waals surface area contributed by atoms with Gasteiger partial charge in [0.2, 0.25) is 23.3 Å². The van der Waals surface area contributed by atoms with E-state index < -0.39 is 0 Å². The van der Waals surface area contributed by atoms with Gasteiger partial charge in [-0.15, -0.1) is 0 Å². The standard InChI is InChI=1S/C35H47N7.C33H43N7/c1-6-9-10-11-12-13-14-15-16-17-18-27-19-21-28(22-20-27)31-40-34(32-36-23-25(4)29(7-2)38-32)42-35(41-31)33-37-24-26(5)30(8-3)39-33;1-7-9-11-13-15-26-17-27(16-14-12-10-8-2)19-28(18-26)29-38-32(30-34-20-22(3)24(5)36-30)40-33(39-29)31-35-21-23(4)25(6)37-31/h19-24H,6-18H2,1-5H3;17-21H,7-16H2,1-6H3. The molecule has 0 N–H and O–H groups in total. The van der Waals surface area contributed by atoms with Gasteiger partial charge in [-0.2, -0.15) is 0 Å². The second-order valence-corrected chi connectivity index (χ2v) is 22.2. The molecular weight excluding hydrogens is 1010 g/mol. The molecule has 82 heavy (non-hydrogen) atoms. The van der Waals surface area contributed by atoms with E-state index in [-0.39, 0.29) is 0 Å². The minimum absolute atomic E-state index is 0.432. The van der Waals surface area contributed by atoms with Crippen molar-refractivity contribution in [2.24, 2.45) is 0 Å². The van der Waals surface area contributed by atoms with Gasteiger partial charge in [0, 0.05) is 58.7 Å². The molecule has 0 amide bonds. The van der Waals surface area contributed by atoms with Crippen LogP contribution in [0.15, 0.2) is 67.3 Å². The Kier molecular flexibility index (Phi) is 24.7. The molecule has 0 aliphatic rings. The van der Waals surface area contributed by atoms with Crippen molar-refractivity contribution < 1.29 is 0 Å². The van der Waals surface area contributed by atoms with E-state index in [0.29, 0.717) is 58.2 Å². The van der Waals surface area contributed by atoms with Gasteiger partial charge in [0.25, 0.3) is 0 Å². The number of rotatable bonds is 29. The van der Waals surface area contributed by atoms with Crippen molar-refractivity contribution in [3.05, 3.63) is 129 Å². The summed E-state index contributed by atoms with van der Waals surface area (Å²) >= 11 is 0. The van der Waals surface area contributed by atoms with Crippen molar-refractivity contribution in [3.63, 3.8) is 0 Å². The van der Waals surface area contributed by atoms with Crippen LogP contribution in [0.4, 0.5) is 0 Å². The molecule has 0 aliphatic carbocycles. The zero-order valence-electron chi connectivity index (χ0n) is 51.4. The number of benzene rings is 2. The van der Waals surface area contributed by atoms with E-state index in [1.165, 1.54) is 132 Å². The lowest BCUT2D eigenvalue weighted by Crippen LogP contribution is -2.07. The summed E-state index contributed by atoms with van der Waals surface area (Å²) in [6.07, 6.45) is 35.6. The highest BCUT2D eigenvalue weighted by Gasteiger charge is 2.20. The highest BCUT2D eigenvalue weighted by molar-refractivity contribution is 5.64. The average Bonchev–Trinajstić information content (AvgIpc) is 3.61. The normalized spacial score (nSPS) is 11.3. The Labute approximate surface area is 489 Å². The number of aromatic nitrogens is 14. The highest BCUT2D eigenvalue weighted by atomic mass is 15.1. The molecule has 0 spiro atoms. The lowest BCUT2D eigenvalue weighted by molar-refractivity contribution is 0.556. The van der Waals surface area contributed by atoms with Crippen LogP contribution in [-0.4, -0.2) is 69.8 Å². The summed E-state index contributed by atoms with van der Waals surface area (Å²) in [6, 6.07) is 15.5. The minimum Gasteiger partial charge on any atom is -0.233 e. The van der Waals surface area contributed by atoms with Crippen molar-refractivity contribution in [3.8, 4) is 69.4 Å². The third kappa shape index (κ3) is 18.4. The largest absolute Gasteiger partial charge is 0.233 e. The Morgan fingerprint density at radius 2 is 0.585 bits per heavy atom. The fourth-order valence-electron chi connectivity index (χ4n) is 9.90. The summed E-state index contributed by atoms with van der Waals surface area (Å²) in [5, 5.41) is 0. The SMILES string of the molecule is CCCCCCCCCCCCc1ccc(-c2nc(-c3ncc(C)c(CC)n3)nc(-c3ncc(C)c(CC)n3)n2)cc1.CCCCCCc1cc(CCCCCC)cc(-c2nc(-c3ncc(C)c(C)n3)nc(-c3ncc(C)c(C)n3)n2)c1. The second kappa shape index (κ2) is 32.4. The van der Waals surface area contributed by atoms with Crippen molar-refractivity contribution >= 4 is 0 Å². The quantitative estimate of drug-likeness (QED) is 0.0404. The molecule has 8 rings (SSSR count). The topological polar surface area (TPSA) is 180 Å². The van der Waals surface area contributed by atoms with Gasteiger partial charge in [-0.05, 0) is 144 Å². The van der Waals surface area contributed by atoms with E-state index in [1.807, 2.05) is 66.3 Å². The molecule has 0 bridgehead atoms. The summed E-state index contributed by atoms with van der Waals surface area (Å²) < 4.78 is 0. The number of unbranched alkanes of at least 4 members (excludes halogenated alkanes) is 15. The van der Waals surface area contributed by atoms with Crippen LogP contribution < -0.4 is 0 Å². The lowest BCUT2D eigenvalue weighted by Gasteiger charge is -2.12. The fourth-order valence-corrected chi connectivity index (χ4v) is 9.90. The Morgan fingerprint density at radius 3 is 0.963 bits per heavy atom. The van der Waals surface area contributed by atoms with Gasteiger partial charge in [-0.1, -0.05) is 161 Å². The first-order valence-electron chi connectivity index (χ1n) is 30.9. The minimum atomic E-state index is 0.432. The van der Waals surface area contributed by atoms with E-state index in [9.17, 15) is 0 Å². The molecule has 6 aromatic heterocycles. The van der Waals surface area contributed by atoms with Crippen molar-refractivity contribution in [1.82, 2.24) is 69.8 Å². The predicted molar refractivity (Wildman–Crippen MR) is 333 cm³/mol. The molecule has 0 saturated carbocycles. The zero-order chi connectivity index (χ0) is 58.2. The summed E-state index contributed by atoms with van der Waals surface area (Å²) in [5.41, 5.74) is 13.9. The van der Waals surface area contributed by atoms with Gasteiger partial charge in [-0.25, -0.2) is 69.8 Å². The molecule has 0 saturated heterocycles. The highest BCUT2D eigenvalue weighted by Crippen LogP contribution is 2.28. The molecule has 6 heterocycles. The first kappa shape index (κ1) is 62.4. The van der Waals surface area contributed by atoms with Crippen LogP contribution >= 0.6 is 0 Å². The maximum atomic E-state index is 4.91. The Hall–Kier alpha value is -7.22. The van der Waals surface area contributed by atoms with E-state index in [2.05, 4.69) is 97.0 Å². The Balaban J connectivity index is 0.000000236. The van der Waals surface area contributed by atoms with Crippen molar-refractivity contribution in [2.45, 2.75) is 224 Å². The van der Waals surface area contributed by atoms with E-state index in [4.69, 9.17) is 49.8 Å².